The number of esters is 1. The number of nitrogens with zero attached hydrogens (tertiary/aromatic N) is 4. The van der Waals surface area contributed by atoms with Gasteiger partial charge in [-0.3, -0.25) is 19.2 Å². The van der Waals surface area contributed by atoms with Gasteiger partial charge in [-0.1, -0.05) is 50.9 Å². The van der Waals surface area contributed by atoms with Gasteiger partial charge in [0, 0.05) is 86.8 Å². The second kappa shape index (κ2) is 27.7. The smallest absolute Gasteiger partial charge is 0.870 e. The molecule has 2 amide bonds. The van der Waals surface area contributed by atoms with Gasteiger partial charge in [-0.2, -0.15) is 0 Å². The van der Waals surface area contributed by atoms with Crippen molar-refractivity contribution in [1.29, 1.82) is 0 Å². The molecule has 0 fully saturated rings. The van der Waals surface area contributed by atoms with Gasteiger partial charge in [0.1, 0.15) is 47.3 Å². The molecule has 4 heterocycles. The number of amides is 2. The first kappa shape index (κ1) is 60.3. The Morgan fingerprint density at radius 3 is 1.41 bits per heavy atom. The van der Waals surface area contributed by atoms with E-state index in [-0.39, 0.29) is 81.9 Å². The number of benzene rings is 2. The molecule has 0 saturated carbocycles. The van der Waals surface area contributed by atoms with Crippen LogP contribution in [0.5, 0.6) is 23.0 Å². The summed E-state index contributed by atoms with van der Waals surface area (Å²) >= 11 is 13.0. The number of aromatic carboxylic acids is 1. The molecular formula is C51H65Cl2N4NaO13. The number of halogens is 2. The van der Waals surface area contributed by atoms with E-state index in [1.165, 1.54) is 31.6 Å². The van der Waals surface area contributed by atoms with E-state index in [1.54, 1.807) is 38.6 Å². The van der Waals surface area contributed by atoms with Crippen molar-refractivity contribution in [2.75, 3.05) is 59.7 Å². The van der Waals surface area contributed by atoms with Gasteiger partial charge in [0.05, 0.1) is 53.8 Å². The van der Waals surface area contributed by atoms with E-state index >= 15 is 0 Å². The van der Waals surface area contributed by atoms with Crippen LogP contribution in [0.15, 0.2) is 58.4 Å². The fourth-order valence-electron chi connectivity index (χ4n) is 8.25. The van der Waals surface area contributed by atoms with E-state index in [0.29, 0.717) is 134 Å². The quantitative estimate of drug-likeness (QED) is 0.0701. The molecule has 0 unspecified atom stereocenters. The second-order valence-electron chi connectivity index (χ2n) is 17.3. The maximum atomic E-state index is 12.7. The predicted octanol–water partition coefficient (Wildman–Crippen LogP) is 5.88. The van der Waals surface area contributed by atoms with Crippen LogP contribution < -0.4 is 59.4 Å². The van der Waals surface area contributed by atoms with Crippen molar-refractivity contribution < 1.29 is 83.0 Å². The summed E-state index contributed by atoms with van der Waals surface area (Å²) in [6, 6.07) is 9.21. The Hall–Kier alpha value is -5.04. The van der Waals surface area contributed by atoms with Crippen LogP contribution in [0.2, 0.25) is 10.0 Å². The average molecular weight is 1040 g/mol. The molecule has 4 aromatic rings. The van der Waals surface area contributed by atoms with E-state index in [9.17, 15) is 33.9 Å². The second-order valence-corrected chi connectivity index (χ2v) is 18.1. The van der Waals surface area contributed by atoms with Crippen LogP contribution in [-0.2, 0) is 14.3 Å². The van der Waals surface area contributed by atoms with Crippen molar-refractivity contribution in [2.24, 2.45) is 11.8 Å². The summed E-state index contributed by atoms with van der Waals surface area (Å²) in [6.45, 7) is 19.9. The number of carboxylic acids is 1. The van der Waals surface area contributed by atoms with Crippen molar-refractivity contribution in [3.63, 3.8) is 0 Å². The summed E-state index contributed by atoms with van der Waals surface area (Å²) < 4.78 is 32.4. The molecule has 0 radical (unpaired) electrons. The van der Waals surface area contributed by atoms with Crippen LogP contribution in [0.25, 0.3) is 22.5 Å². The van der Waals surface area contributed by atoms with Gasteiger partial charge in [-0.15, -0.1) is 0 Å². The number of ether oxygens (including phenoxy) is 5. The van der Waals surface area contributed by atoms with E-state index in [2.05, 4.69) is 0 Å². The van der Waals surface area contributed by atoms with E-state index in [4.69, 9.17) is 46.9 Å². The summed E-state index contributed by atoms with van der Waals surface area (Å²) in [5.74, 6) is 0.420. The molecule has 382 valence electrons. The van der Waals surface area contributed by atoms with E-state index < -0.39 is 22.8 Å². The summed E-state index contributed by atoms with van der Waals surface area (Å²) in [6.07, 6.45) is 4.82. The summed E-state index contributed by atoms with van der Waals surface area (Å²) in [4.78, 5) is 76.8. The molecule has 2 aliphatic rings. The van der Waals surface area contributed by atoms with Crippen molar-refractivity contribution >= 4 is 47.0 Å². The number of pyridine rings is 2. The van der Waals surface area contributed by atoms with Crippen LogP contribution in [0, 0.1) is 11.8 Å². The zero-order chi connectivity index (χ0) is 50.7. The average Bonchev–Trinajstić information content (AvgIpc) is 3.56. The number of hydrogen-bond donors (Lipinski definition) is 1. The number of aromatic nitrogens is 2. The van der Waals surface area contributed by atoms with Crippen LogP contribution in [0.1, 0.15) is 114 Å². The first-order chi connectivity index (χ1) is 32.9. The topological polar surface area (TPSA) is 215 Å². The van der Waals surface area contributed by atoms with Gasteiger partial charge < -0.3 is 53.2 Å². The van der Waals surface area contributed by atoms with E-state index in [1.807, 2.05) is 60.0 Å². The van der Waals surface area contributed by atoms with Crippen molar-refractivity contribution in [3.8, 4) is 45.5 Å². The number of methoxy groups -OCH3 is 1. The minimum atomic E-state index is -1.27. The normalized spacial score (nSPS) is 14.1. The number of carbonyl (C=O) groups excluding carboxylic acids is 3. The largest absolute Gasteiger partial charge is 1.00 e. The Bertz CT molecular complexity index is 2630. The number of carbonyl (C=O) groups is 4. The Morgan fingerprint density at radius 2 is 1.06 bits per heavy atom. The predicted molar refractivity (Wildman–Crippen MR) is 267 cm³/mol. The fraction of sp³-hybridized carbons (Fsp3) is 0.490. The van der Waals surface area contributed by atoms with Crippen LogP contribution in [-0.4, -0.2) is 113 Å². The van der Waals surface area contributed by atoms with Gasteiger partial charge in [0.2, 0.25) is 11.8 Å². The molecule has 71 heavy (non-hydrogen) atoms. The molecule has 0 spiro atoms. The molecule has 0 bridgehead atoms. The molecule has 2 aromatic carbocycles. The van der Waals surface area contributed by atoms with Crippen molar-refractivity contribution in [1.82, 2.24) is 18.9 Å². The molecule has 0 saturated heterocycles. The minimum Gasteiger partial charge on any atom is -0.870 e. The van der Waals surface area contributed by atoms with Gasteiger partial charge >= 0.3 is 41.5 Å². The molecule has 2 aliphatic heterocycles. The molecule has 0 aliphatic carbocycles. The van der Waals surface area contributed by atoms with Crippen LogP contribution in [0.4, 0.5) is 0 Å². The van der Waals surface area contributed by atoms with Crippen molar-refractivity contribution in [2.45, 2.75) is 93.2 Å². The van der Waals surface area contributed by atoms with Crippen LogP contribution >= 0.6 is 23.2 Å². The maximum Gasteiger partial charge on any atom is 1.00 e. The minimum absolute atomic E-state index is 0. The van der Waals surface area contributed by atoms with Gasteiger partial charge in [-0.05, 0) is 64.5 Å². The van der Waals surface area contributed by atoms with Gasteiger partial charge in [-0.25, -0.2) is 9.59 Å². The fourth-order valence-corrected chi connectivity index (χ4v) is 8.69. The molecule has 17 nitrogen and oxygen atoms in total. The SMILES string of the molecule is CCN(CC)C(=O)CCCOc1cc2c(cc1Cl)-c1cc(=O)c(C(=O)O)cn1[C@H](C(C)C)CO2.CCN(CC)C(=O)CCCOc1cc2c(cc1Cl)-c1cc(=O)c(C(=O)OC)cn1[C@H](C(C)C)CO2.[Na+].[OH-]. The number of carboxylic acid groups (broad SMARTS) is 1. The summed E-state index contributed by atoms with van der Waals surface area (Å²) in [7, 11) is 1.25. The summed E-state index contributed by atoms with van der Waals surface area (Å²) in [5, 5.41) is 10.1. The third kappa shape index (κ3) is 14.6. The van der Waals surface area contributed by atoms with Crippen LogP contribution in [0.3, 0.4) is 0 Å². The Morgan fingerprint density at radius 1 is 0.676 bits per heavy atom. The number of rotatable bonds is 18. The third-order valence-electron chi connectivity index (χ3n) is 12.3. The van der Waals surface area contributed by atoms with Gasteiger partial charge in [0.15, 0.2) is 10.9 Å². The molecular weight excluding hydrogens is 970 g/mol. The maximum absolute atomic E-state index is 12.7. The number of fused-ring (bicyclic) bond motifs is 6. The third-order valence-corrected chi connectivity index (χ3v) is 12.9. The molecule has 2 atom stereocenters. The van der Waals surface area contributed by atoms with E-state index in [0.717, 1.165) is 0 Å². The molecule has 20 heteroatoms. The summed E-state index contributed by atoms with van der Waals surface area (Å²) in [5.41, 5.74) is 1.03. The monoisotopic (exact) mass is 1030 g/mol. The Balaban J connectivity index is 0.000000365. The zero-order valence-electron chi connectivity index (χ0n) is 42.3. The standard InChI is InChI=1S/C26H33ClN2O6.C25H31ClN2O6.Na.H2O/c1-6-28(7-2)25(31)9-8-10-34-24-13-23-17(11-19(24)27)20-12-22(30)18(26(32)33-5)14-29(20)21(15-35-23)16(3)4;1-5-27(6-2)24(30)8-7-9-33-23-12-22-16(10-18(23)26)19-11-21(29)17(25(31)32)13-28(19)20(14-34-22)15(3)4;;/h11-14,16,21H,6-10,15H2,1-5H3;10-13,15,20H,5-9,14H2,1-4H3,(H,31,32);;1H2/q;;+1;/p-1/t21-;20-;;/m00../s1. The van der Waals surface area contributed by atoms with Gasteiger partial charge in [0.25, 0.3) is 0 Å². The molecule has 2 aromatic heterocycles. The zero-order valence-corrected chi connectivity index (χ0v) is 45.9. The number of hydrogen-bond acceptors (Lipinski definition) is 12. The first-order valence-electron chi connectivity index (χ1n) is 23.5. The first-order valence-corrected chi connectivity index (χ1v) is 24.2. The Labute approximate surface area is 446 Å². The molecule has 6 rings (SSSR count). The Kier molecular flexibility index (Phi) is 23.5. The van der Waals surface area contributed by atoms with Crippen molar-refractivity contribution in [3.05, 3.63) is 90.4 Å². The molecule has 2 N–H and O–H groups in total.